The summed E-state index contributed by atoms with van der Waals surface area (Å²) in [5.41, 5.74) is 2.08. The van der Waals surface area contributed by atoms with Crippen molar-refractivity contribution in [2.75, 3.05) is 12.4 Å². The van der Waals surface area contributed by atoms with Gasteiger partial charge < -0.3 is 9.26 Å². The van der Waals surface area contributed by atoms with E-state index in [9.17, 15) is 4.79 Å². The molecule has 0 radical (unpaired) electrons. The fourth-order valence-corrected chi connectivity index (χ4v) is 2.75. The minimum atomic E-state index is -0.304. The van der Waals surface area contributed by atoms with E-state index in [1.807, 2.05) is 0 Å². The average molecular weight is 319 g/mol. The van der Waals surface area contributed by atoms with Gasteiger partial charge in [-0.15, -0.1) is 10.2 Å². The highest BCUT2D eigenvalue weighted by Crippen LogP contribution is 2.23. The summed E-state index contributed by atoms with van der Waals surface area (Å²) in [6, 6.07) is 1.69. The van der Waals surface area contributed by atoms with Crippen molar-refractivity contribution in [3.05, 3.63) is 28.0 Å². The number of nitrogens with one attached hydrogen (secondary N) is 1. The molecule has 0 unspecified atom stereocenters. The maximum absolute atomic E-state index is 12.5. The van der Waals surface area contributed by atoms with Crippen LogP contribution in [-0.2, 0) is 11.3 Å². The van der Waals surface area contributed by atoms with E-state index in [0.29, 0.717) is 44.8 Å². The fraction of sp³-hybridized carbons (Fsp3) is 0.308. The Hall–Kier alpha value is -2.39. The van der Waals surface area contributed by atoms with Crippen molar-refractivity contribution in [1.82, 2.24) is 20.3 Å². The fourth-order valence-electron chi connectivity index (χ4n) is 2.05. The normalized spacial score (nSPS) is 11.0. The van der Waals surface area contributed by atoms with Crippen LogP contribution >= 0.6 is 11.3 Å². The second kappa shape index (κ2) is 5.78. The van der Waals surface area contributed by atoms with Gasteiger partial charge in [0, 0.05) is 12.8 Å². The lowest BCUT2D eigenvalue weighted by Gasteiger charge is -2.03. The molecule has 22 heavy (non-hydrogen) atoms. The molecule has 3 aromatic heterocycles. The lowest BCUT2D eigenvalue weighted by Crippen LogP contribution is -2.13. The summed E-state index contributed by atoms with van der Waals surface area (Å²) in [5.74, 6) is -0.304. The molecule has 0 bridgehead atoms. The van der Waals surface area contributed by atoms with Crippen LogP contribution in [0.2, 0.25) is 0 Å². The average Bonchev–Trinajstić information content (AvgIpc) is 3.06. The van der Waals surface area contributed by atoms with E-state index in [0.717, 1.165) is 0 Å². The van der Waals surface area contributed by atoms with Crippen LogP contribution in [0.4, 0.5) is 5.13 Å². The van der Waals surface area contributed by atoms with Gasteiger partial charge in [-0.3, -0.25) is 10.1 Å². The molecule has 0 spiro atoms. The second-order valence-electron chi connectivity index (χ2n) is 4.65. The zero-order chi connectivity index (χ0) is 15.7. The van der Waals surface area contributed by atoms with Crippen LogP contribution in [0.1, 0.15) is 26.8 Å². The standard InChI is InChI=1S/C13H13N5O3S/c1-6-4-8(10-7(2)18-21-12(10)14-6)11(19)15-13-17-16-9(22-13)5-20-3/h4H,5H2,1-3H3,(H,15,17,19). The van der Waals surface area contributed by atoms with Crippen molar-refractivity contribution < 1.29 is 14.1 Å². The zero-order valence-electron chi connectivity index (χ0n) is 12.2. The van der Waals surface area contributed by atoms with Crippen LogP contribution in [0, 0.1) is 13.8 Å². The molecule has 114 valence electrons. The van der Waals surface area contributed by atoms with Crippen molar-refractivity contribution >= 4 is 33.5 Å². The van der Waals surface area contributed by atoms with Gasteiger partial charge in [0.25, 0.3) is 11.6 Å². The molecule has 3 rings (SSSR count). The summed E-state index contributed by atoms with van der Waals surface area (Å²) < 4.78 is 10.1. The van der Waals surface area contributed by atoms with Gasteiger partial charge in [-0.2, -0.15) is 0 Å². The number of amides is 1. The first-order valence-electron chi connectivity index (χ1n) is 6.44. The predicted molar refractivity (Wildman–Crippen MR) is 79.9 cm³/mol. The highest BCUT2D eigenvalue weighted by molar-refractivity contribution is 7.15. The molecule has 0 aliphatic heterocycles. The van der Waals surface area contributed by atoms with Gasteiger partial charge in [0.2, 0.25) is 5.13 Å². The van der Waals surface area contributed by atoms with E-state index in [1.165, 1.54) is 11.3 Å². The zero-order valence-corrected chi connectivity index (χ0v) is 13.0. The first-order valence-corrected chi connectivity index (χ1v) is 7.26. The number of pyridine rings is 1. The number of anilines is 1. The molecule has 0 saturated heterocycles. The monoisotopic (exact) mass is 319 g/mol. The molecule has 8 nitrogen and oxygen atoms in total. The third-order valence-electron chi connectivity index (χ3n) is 2.94. The van der Waals surface area contributed by atoms with E-state index in [4.69, 9.17) is 9.26 Å². The van der Waals surface area contributed by atoms with Crippen LogP contribution in [0.5, 0.6) is 0 Å². The molecule has 0 aromatic carbocycles. The van der Waals surface area contributed by atoms with Crippen molar-refractivity contribution in [2.24, 2.45) is 0 Å². The number of carbonyl (C=O) groups is 1. The summed E-state index contributed by atoms with van der Waals surface area (Å²) in [5, 5.41) is 16.1. The van der Waals surface area contributed by atoms with Crippen LogP contribution in [0.15, 0.2) is 10.6 Å². The number of rotatable bonds is 4. The number of ether oxygens (including phenoxy) is 1. The number of carbonyl (C=O) groups excluding carboxylic acids is 1. The van der Waals surface area contributed by atoms with Crippen molar-refractivity contribution in [3.8, 4) is 0 Å². The summed E-state index contributed by atoms with van der Waals surface area (Å²) in [4.78, 5) is 16.7. The Morgan fingerprint density at radius 2 is 2.23 bits per heavy atom. The van der Waals surface area contributed by atoms with Crippen LogP contribution in [0.25, 0.3) is 11.1 Å². The highest BCUT2D eigenvalue weighted by Gasteiger charge is 2.19. The van der Waals surface area contributed by atoms with E-state index >= 15 is 0 Å². The summed E-state index contributed by atoms with van der Waals surface area (Å²) in [6.45, 7) is 3.91. The third kappa shape index (κ3) is 2.68. The Balaban J connectivity index is 1.92. The summed E-state index contributed by atoms with van der Waals surface area (Å²) in [6.07, 6.45) is 0. The van der Waals surface area contributed by atoms with E-state index in [1.54, 1.807) is 27.0 Å². The molecule has 3 aromatic rings. The topological polar surface area (TPSA) is 103 Å². The molecular weight excluding hydrogens is 306 g/mol. The number of aryl methyl sites for hydroxylation is 2. The van der Waals surface area contributed by atoms with E-state index in [2.05, 4.69) is 25.7 Å². The Morgan fingerprint density at radius 1 is 1.41 bits per heavy atom. The first kappa shape index (κ1) is 14.5. The van der Waals surface area contributed by atoms with Gasteiger partial charge in [-0.25, -0.2) is 4.98 Å². The number of methoxy groups -OCH3 is 1. The second-order valence-corrected chi connectivity index (χ2v) is 5.71. The first-order chi connectivity index (χ1) is 10.6. The number of hydrogen-bond acceptors (Lipinski definition) is 8. The number of fused-ring (bicyclic) bond motifs is 1. The van der Waals surface area contributed by atoms with Crippen molar-refractivity contribution in [2.45, 2.75) is 20.5 Å². The molecule has 0 aliphatic rings. The van der Waals surface area contributed by atoms with Gasteiger partial charge in [0.15, 0.2) is 0 Å². The molecule has 0 fully saturated rings. The molecule has 1 N–H and O–H groups in total. The largest absolute Gasteiger partial charge is 0.377 e. The van der Waals surface area contributed by atoms with E-state index < -0.39 is 0 Å². The molecule has 0 saturated carbocycles. The van der Waals surface area contributed by atoms with Crippen molar-refractivity contribution in [1.29, 1.82) is 0 Å². The van der Waals surface area contributed by atoms with Crippen molar-refractivity contribution in [3.63, 3.8) is 0 Å². The quantitative estimate of drug-likeness (QED) is 0.785. The highest BCUT2D eigenvalue weighted by atomic mass is 32.1. The summed E-state index contributed by atoms with van der Waals surface area (Å²) in [7, 11) is 1.57. The predicted octanol–water partition coefficient (Wildman–Crippen LogP) is 2.09. The minimum absolute atomic E-state index is 0.304. The lowest BCUT2D eigenvalue weighted by atomic mass is 10.1. The van der Waals surface area contributed by atoms with Gasteiger partial charge in [-0.05, 0) is 19.9 Å². The minimum Gasteiger partial charge on any atom is -0.377 e. The Labute approximate surface area is 129 Å². The van der Waals surface area contributed by atoms with Gasteiger partial charge >= 0.3 is 0 Å². The van der Waals surface area contributed by atoms with Crippen LogP contribution < -0.4 is 5.32 Å². The van der Waals surface area contributed by atoms with Gasteiger partial charge in [0.05, 0.1) is 16.6 Å². The number of nitrogens with zero attached hydrogens (tertiary/aromatic N) is 4. The van der Waals surface area contributed by atoms with E-state index in [-0.39, 0.29) is 5.91 Å². The SMILES string of the molecule is COCc1nnc(NC(=O)c2cc(C)nc3onc(C)c23)s1. The summed E-state index contributed by atoms with van der Waals surface area (Å²) >= 11 is 1.26. The molecule has 0 atom stereocenters. The molecule has 3 heterocycles. The Morgan fingerprint density at radius 3 is 3.00 bits per heavy atom. The maximum atomic E-state index is 12.5. The third-order valence-corrected chi connectivity index (χ3v) is 3.76. The Kier molecular flexibility index (Phi) is 3.82. The number of hydrogen-bond donors (Lipinski definition) is 1. The maximum Gasteiger partial charge on any atom is 0.258 e. The smallest absolute Gasteiger partial charge is 0.258 e. The number of aromatic nitrogens is 4. The molecular formula is C13H13N5O3S. The molecule has 0 aliphatic carbocycles. The van der Waals surface area contributed by atoms with Gasteiger partial charge in [0.1, 0.15) is 11.6 Å². The van der Waals surface area contributed by atoms with Crippen LogP contribution in [-0.4, -0.2) is 33.4 Å². The molecule has 1 amide bonds. The molecule has 9 heteroatoms. The lowest BCUT2D eigenvalue weighted by molar-refractivity contribution is 0.102. The van der Waals surface area contributed by atoms with Crippen LogP contribution in [0.3, 0.4) is 0 Å². The Bertz CT molecular complexity index is 841. The van der Waals surface area contributed by atoms with Gasteiger partial charge in [-0.1, -0.05) is 16.5 Å².